The number of methoxy groups -OCH3 is 2. The second-order valence-electron chi connectivity index (χ2n) is 7.39. The first-order chi connectivity index (χ1) is 16.9. The molecule has 0 saturated carbocycles. The molecule has 1 fully saturated rings. The normalized spacial score (nSPS) is 14.4. The van der Waals surface area contributed by atoms with E-state index in [-0.39, 0.29) is 22.4 Å². The van der Waals surface area contributed by atoms with Gasteiger partial charge in [-0.1, -0.05) is 35.9 Å². The number of ether oxygens (including phenoxy) is 3. The minimum atomic E-state index is -0.580. The van der Waals surface area contributed by atoms with E-state index in [0.717, 1.165) is 16.7 Å². The van der Waals surface area contributed by atoms with Gasteiger partial charge < -0.3 is 14.2 Å². The summed E-state index contributed by atoms with van der Waals surface area (Å²) in [6.07, 6.45) is 1.57. The van der Waals surface area contributed by atoms with Gasteiger partial charge in [-0.15, -0.1) is 0 Å². The smallest absolute Gasteiger partial charge is 0.343 e. The summed E-state index contributed by atoms with van der Waals surface area (Å²) in [5, 5.41) is 0.0924. The standard InChI is InChI=1S/C26H20ClNO6S/c1-32-19-10-8-17(9-11-19)25(30)34-22-13-16(7-12-21(22)33-2)14-23-24(29)28(26(31)35-23)15-18-5-3-4-6-20(18)27/h3-14H,15H2,1-2H3/b23-14-. The predicted octanol–water partition coefficient (Wildman–Crippen LogP) is 5.81. The van der Waals surface area contributed by atoms with E-state index in [9.17, 15) is 14.4 Å². The van der Waals surface area contributed by atoms with Crippen LogP contribution in [-0.2, 0) is 11.3 Å². The number of hydrogen-bond donors (Lipinski definition) is 0. The van der Waals surface area contributed by atoms with Crippen LogP contribution in [0.3, 0.4) is 0 Å². The molecule has 0 N–H and O–H groups in total. The second-order valence-corrected chi connectivity index (χ2v) is 8.79. The van der Waals surface area contributed by atoms with E-state index in [1.165, 1.54) is 14.2 Å². The van der Waals surface area contributed by atoms with Crippen LogP contribution in [0.15, 0.2) is 71.6 Å². The molecule has 1 aliphatic rings. The molecule has 9 heteroatoms. The second kappa shape index (κ2) is 10.7. The molecule has 0 radical (unpaired) electrons. The van der Waals surface area contributed by atoms with Crippen LogP contribution in [0.1, 0.15) is 21.5 Å². The first kappa shape index (κ1) is 24.4. The Morgan fingerprint density at radius 3 is 2.40 bits per heavy atom. The molecule has 1 heterocycles. The fraction of sp³-hybridized carbons (Fsp3) is 0.115. The van der Waals surface area contributed by atoms with Gasteiger partial charge in [0.05, 0.1) is 31.2 Å². The number of hydrogen-bond acceptors (Lipinski definition) is 7. The number of imide groups is 1. The average Bonchev–Trinajstić information content (AvgIpc) is 3.12. The fourth-order valence-corrected chi connectivity index (χ4v) is 4.37. The summed E-state index contributed by atoms with van der Waals surface area (Å²) in [6, 6.07) is 18.4. The lowest BCUT2D eigenvalue weighted by molar-refractivity contribution is -0.123. The van der Waals surface area contributed by atoms with Crippen molar-refractivity contribution in [3.8, 4) is 17.2 Å². The maximum Gasteiger partial charge on any atom is 0.343 e. The number of rotatable bonds is 7. The molecule has 0 aliphatic carbocycles. The first-order valence-corrected chi connectivity index (χ1v) is 11.6. The van der Waals surface area contributed by atoms with Crippen LogP contribution in [0.5, 0.6) is 17.2 Å². The Labute approximate surface area is 211 Å². The molecule has 0 spiro atoms. The van der Waals surface area contributed by atoms with Gasteiger partial charge in [0.25, 0.3) is 11.1 Å². The van der Waals surface area contributed by atoms with Crippen LogP contribution in [0.2, 0.25) is 5.02 Å². The summed E-state index contributed by atoms with van der Waals surface area (Å²) in [7, 11) is 3.00. The molecule has 0 atom stereocenters. The van der Waals surface area contributed by atoms with Gasteiger partial charge in [-0.2, -0.15) is 0 Å². The Bertz CT molecular complexity index is 1320. The molecule has 0 unspecified atom stereocenters. The number of carbonyl (C=O) groups is 3. The van der Waals surface area contributed by atoms with E-state index in [0.29, 0.717) is 33.2 Å². The molecular weight excluding hydrogens is 490 g/mol. The fourth-order valence-electron chi connectivity index (χ4n) is 3.33. The molecule has 1 saturated heterocycles. The van der Waals surface area contributed by atoms with E-state index in [1.54, 1.807) is 72.8 Å². The van der Waals surface area contributed by atoms with Crippen molar-refractivity contribution in [1.29, 1.82) is 0 Å². The van der Waals surface area contributed by atoms with E-state index in [1.807, 2.05) is 0 Å². The Kier molecular flexibility index (Phi) is 7.43. The zero-order valence-corrected chi connectivity index (χ0v) is 20.4. The highest BCUT2D eigenvalue weighted by atomic mass is 35.5. The summed E-state index contributed by atoms with van der Waals surface area (Å²) >= 11 is 7.02. The van der Waals surface area contributed by atoms with Crippen molar-refractivity contribution in [2.75, 3.05) is 14.2 Å². The number of nitrogens with zero attached hydrogens (tertiary/aromatic N) is 1. The summed E-state index contributed by atoms with van der Waals surface area (Å²) in [4.78, 5) is 39.4. The van der Waals surface area contributed by atoms with Crippen LogP contribution in [0, 0.1) is 0 Å². The van der Waals surface area contributed by atoms with Gasteiger partial charge in [0.15, 0.2) is 11.5 Å². The van der Waals surface area contributed by atoms with Crippen LogP contribution in [0.4, 0.5) is 4.79 Å². The number of halogens is 1. The van der Waals surface area contributed by atoms with Crippen molar-refractivity contribution < 1.29 is 28.6 Å². The maximum absolute atomic E-state index is 12.9. The van der Waals surface area contributed by atoms with Crippen LogP contribution >= 0.6 is 23.4 Å². The van der Waals surface area contributed by atoms with Gasteiger partial charge in [0.2, 0.25) is 0 Å². The van der Waals surface area contributed by atoms with Crippen LogP contribution in [0.25, 0.3) is 6.08 Å². The number of benzene rings is 3. The molecular formula is C26H20ClNO6S. The Balaban J connectivity index is 1.55. The summed E-state index contributed by atoms with van der Waals surface area (Å²) in [6.45, 7) is 0.0784. The number of amides is 2. The lowest BCUT2D eigenvalue weighted by Crippen LogP contribution is -2.27. The molecule has 3 aromatic carbocycles. The third-order valence-corrected chi connectivity index (χ3v) is 6.45. The minimum absolute atomic E-state index is 0.0784. The zero-order valence-electron chi connectivity index (χ0n) is 18.8. The van der Waals surface area contributed by atoms with Crippen molar-refractivity contribution in [3.63, 3.8) is 0 Å². The SMILES string of the molecule is COc1ccc(C(=O)Oc2cc(/C=C3\SC(=O)N(Cc4ccccc4Cl)C3=O)ccc2OC)cc1. The third kappa shape index (κ3) is 5.50. The molecule has 35 heavy (non-hydrogen) atoms. The van der Waals surface area contributed by atoms with Gasteiger partial charge in [-0.3, -0.25) is 14.5 Å². The lowest BCUT2D eigenvalue weighted by atomic mass is 10.1. The lowest BCUT2D eigenvalue weighted by Gasteiger charge is -2.13. The Morgan fingerprint density at radius 2 is 1.71 bits per heavy atom. The highest BCUT2D eigenvalue weighted by molar-refractivity contribution is 8.18. The highest BCUT2D eigenvalue weighted by Gasteiger charge is 2.35. The minimum Gasteiger partial charge on any atom is -0.497 e. The topological polar surface area (TPSA) is 82.1 Å². The predicted molar refractivity (Wildman–Crippen MR) is 134 cm³/mol. The molecule has 3 aromatic rings. The molecule has 178 valence electrons. The van der Waals surface area contributed by atoms with Crippen LogP contribution < -0.4 is 14.2 Å². The maximum atomic E-state index is 12.9. The van der Waals surface area contributed by atoms with E-state index >= 15 is 0 Å². The van der Waals surface area contributed by atoms with Crippen molar-refractivity contribution in [2.45, 2.75) is 6.54 Å². The summed E-state index contributed by atoms with van der Waals surface area (Å²) < 4.78 is 16.0. The molecule has 1 aliphatic heterocycles. The molecule has 7 nitrogen and oxygen atoms in total. The highest BCUT2D eigenvalue weighted by Crippen LogP contribution is 2.36. The third-order valence-electron chi connectivity index (χ3n) is 5.17. The first-order valence-electron chi connectivity index (χ1n) is 10.4. The summed E-state index contributed by atoms with van der Waals surface area (Å²) in [5.41, 5.74) is 1.57. The van der Waals surface area contributed by atoms with Crippen molar-refractivity contribution in [1.82, 2.24) is 4.90 Å². The molecule has 0 bridgehead atoms. The average molecular weight is 510 g/mol. The van der Waals surface area contributed by atoms with E-state index in [4.69, 9.17) is 25.8 Å². The van der Waals surface area contributed by atoms with Crippen LogP contribution in [-0.4, -0.2) is 36.2 Å². The van der Waals surface area contributed by atoms with E-state index in [2.05, 4.69) is 0 Å². The summed E-state index contributed by atoms with van der Waals surface area (Å²) in [5.74, 6) is 0.133. The molecule has 2 amide bonds. The number of carbonyl (C=O) groups excluding carboxylic acids is 3. The van der Waals surface area contributed by atoms with Gasteiger partial charge in [-0.25, -0.2) is 4.79 Å². The van der Waals surface area contributed by atoms with Gasteiger partial charge in [-0.05, 0) is 71.4 Å². The molecule has 0 aromatic heterocycles. The van der Waals surface area contributed by atoms with Gasteiger partial charge >= 0.3 is 5.97 Å². The number of esters is 1. The Morgan fingerprint density at radius 1 is 0.971 bits per heavy atom. The van der Waals surface area contributed by atoms with Crippen molar-refractivity contribution >= 4 is 46.6 Å². The quantitative estimate of drug-likeness (QED) is 0.226. The Hall–Kier alpha value is -3.75. The van der Waals surface area contributed by atoms with Crippen molar-refractivity contribution in [2.24, 2.45) is 0 Å². The van der Waals surface area contributed by atoms with Crippen molar-refractivity contribution in [3.05, 3.63) is 93.3 Å². The van der Waals surface area contributed by atoms with E-state index < -0.39 is 11.9 Å². The largest absolute Gasteiger partial charge is 0.497 e. The number of thioether (sulfide) groups is 1. The monoisotopic (exact) mass is 509 g/mol. The molecule has 4 rings (SSSR count). The van der Waals surface area contributed by atoms with Gasteiger partial charge in [0, 0.05) is 5.02 Å². The van der Waals surface area contributed by atoms with Gasteiger partial charge in [0.1, 0.15) is 5.75 Å². The zero-order chi connectivity index (χ0) is 24.9.